The van der Waals surface area contributed by atoms with E-state index in [2.05, 4.69) is 135 Å². The number of aryl methyl sites for hydroxylation is 5. The molecule has 0 bridgehead atoms. The number of aromatic nitrogens is 10. The third kappa shape index (κ3) is 39.6. The van der Waals surface area contributed by atoms with Crippen molar-refractivity contribution in [2.45, 2.75) is 86.7 Å². The first kappa shape index (κ1) is 116. The van der Waals surface area contributed by atoms with Crippen LogP contribution in [0.5, 0.6) is 46.0 Å². The van der Waals surface area contributed by atoms with Crippen molar-refractivity contribution in [1.82, 2.24) is 49.8 Å². The van der Waals surface area contributed by atoms with Crippen molar-refractivity contribution in [3.63, 3.8) is 0 Å². The van der Waals surface area contributed by atoms with Gasteiger partial charge in [0.05, 0.1) is 97.3 Å². The minimum absolute atomic E-state index is 0. The van der Waals surface area contributed by atoms with Crippen LogP contribution >= 0.6 is 43.5 Å². The molecule has 0 aliphatic heterocycles. The molecule has 0 unspecified atom stereocenters. The summed E-state index contributed by atoms with van der Waals surface area (Å²) in [6.45, 7) is 17.8. The van der Waals surface area contributed by atoms with Crippen LogP contribution in [0.4, 0.5) is 34.1 Å². The molecule has 14 rings (SSSR count). The van der Waals surface area contributed by atoms with Crippen LogP contribution in [-0.4, -0.2) is 133 Å². The van der Waals surface area contributed by atoms with Gasteiger partial charge in [-0.2, -0.15) is 0 Å². The molecule has 0 fully saturated rings. The van der Waals surface area contributed by atoms with Crippen molar-refractivity contribution in [1.29, 1.82) is 0 Å². The first-order chi connectivity index (χ1) is 67.4. The average Bonchev–Trinajstić information content (AvgIpc) is 0.828. The molecule has 5 aromatic heterocycles. The Bertz CT molecular complexity index is 6760. The quantitative estimate of drug-likeness (QED) is 0.0114. The average molecular weight is 2090 g/mol. The zero-order valence-electron chi connectivity index (χ0n) is 81.2. The number of ether oxygens (including phenoxy) is 8. The largest absolute Gasteiger partial charge is 1.00 e. The molecule has 14 aromatic rings. The van der Waals surface area contributed by atoms with E-state index in [0.717, 1.165) is 87.1 Å². The first-order valence-corrected chi connectivity index (χ1v) is 44.3. The molecule has 0 radical (unpaired) electrons. The Labute approximate surface area is 888 Å². The van der Waals surface area contributed by atoms with Crippen LogP contribution in [0, 0.1) is 113 Å². The van der Waals surface area contributed by atoms with Gasteiger partial charge < -0.3 is 59.8 Å². The predicted molar refractivity (Wildman–Crippen MR) is 549 cm³/mol. The number of hydrogen-bond donors (Lipinski definition) is 3. The van der Waals surface area contributed by atoms with Crippen LogP contribution in [0.2, 0.25) is 5.28 Å². The van der Waals surface area contributed by atoms with Gasteiger partial charge in [0.1, 0.15) is 75.0 Å². The van der Waals surface area contributed by atoms with E-state index in [1.165, 1.54) is 24.3 Å². The molecule has 0 atom stereocenters. The molecule has 5 N–H and O–H groups in total. The van der Waals surface area contributed by atoms with Crippen LogP contribution in [0.25, 0.3) is 0 Å². The number of methoxy groups -OCH3 is 8. The number of carbonyl (C=O) groups is 1. The summed E-state index contributed by atoms with van der Waals surface area (Å²) in [6.07, 6.45) is 24.7. The van der Waals surface area contributed by atoms with Crippen molar-refractivity contribution >= 4 is 83.5 Å². The molecule has 5 heterocycles. The Balaban J connectivity index is 0.000000261. The number of terminal acetylenes is 1. The molecular formula is C106H102Br2ClKN16O16. The summed E-state index contributed by atoms with van der Waals surface area (Å²) in [5, 5.41) is 45.7. The van der Waals surface area contributed by atoms with E-state index in [0.29, 0.717) is 111 Å². The third-order valence-corrected chi connectivity index (χ3v) is 20.3. The number of rotatable bonds is 21. The van der Waals surface area contributed by atoms with E-state index in [9.17, 15) is 40.2 Å². The Morgan fingerprint density at radius 2 is 0.655 bits per heavy atom. The van der Waals surface area contributed by atoms with E-state index < -0.39 is 10.5 Å². The topological polar surface area (TPSA) is 436 Å². The molecule has 0 saturated heterocycles. The summed E-state index contributed by atoms with van der Waals surface area (Å²) >= 11 is 11.8. The maximum absolute atomic E-state index is 11.7. The molecule has 1 amide bonds. The zero-order chi connectivity index (χ0) is 103. The Morgan fingerprint density at radius 1 is 0.401 bits per heavy atom. The number of anilines is 3. The third-order valence-electron chi connectivity index (χ3n) is 19.3. The summed E-state index contributed by atoms with van der Waals surface area (Å²) in [5.41, 5.74) is 25.7. The number of nitro groups is 3. The van der Waals surface area contributed by atoms with Gasteiger partial charge >= 0.3 is 51.4 Å². The van der Waals surface area contributed by atoms with Crippen LogP contribution in [-0.2, 0) is 30.5 Å². The van der Waals surface area contributed by atoms with Gasteiger partial charge in [-0.1, -0.05) is 129 Å². The van der Waals surface area contributed by atoms with Gasteiger partial charge in [-0.25, -0.2) is 49.8 Å². The summed E-state index contributed by atoms with van der Waals surface area (Å²) in [5.74, 6) is 28.5. The van der Waals surface area contributed by atoms with Gasteiger partial charge in [-0.3, -0.25) is 35.1 Å². The van der Waals surface area contributed by atoms with Crippen LogP contribution < -0.4 is 111 Å². The predicted octanol–water partition coefficient (Wildman–Crippen LogP) is 16.3. The number of halogens is 3. The minimum atomic E-state index is -0.750. The Kier molecular flexibility index (Phi) is 48.3. The first-order valence-electron chi connectivity index (χ1n) is 42.4. The number of para-hydroxylation sites is 1. The van der Waals surface area contributed by atoms with Crippen molar-refractivity contribution in [3.05, 3.63) is 395 Å². The van der Waals surface area contributed by atoms with E-state index in [4.69, 9.17) is 67.4 Å². The van der Waals surface area contributed by atoms with Crippen molar-refractivity contribution < 1.29 is 114 Å². The van der Waals surface area contributed by atoms with Crippen LogP contribution in [0.15, 0.2) is 247 Å². The zero-order valence-corrected chi connectivity index (χ0v) is 88.2. The monoisotopic (exact) mass is 2090 g/mol. The molecule has 32 nitrogen and oxygen atoms in total. The van der Waals surface area contributed by atoms with Gasteiger partial charge in [-0.05, 0) is 184 Å². The summed E-state index contributed by atoms with van der Waals surface area (Å²) in [6, 6.07) is 48.1. The van der Waals surface area contributed by atoms with E-state index in [1.54, 1.807) is 207 Å². The molecular weight excluding hydrogens is 1990 g/mol. The number of hydrogen-bond acceptors (Lipinski definition) is 28. The van der Waals surface area contributed by atoms with Gasteiger partial charge in [0, 0.05) is 175 Å². The van der Waals surface area contributed by atoms with Gasteiger partial charge in [0.2, 0.25) is 11.2 Å². The number of amides is 1. The summed E-state index contributed by atoms with van der Waals surface area (Å²) in [7, 11) is 12.8. The van der Waals surface area contributed by atoms with Crippen molar-refractivity contribution in [2.24, 2.45) is 0 Å². The molecule has 9 aromatic carbocycles. The molecule has 36 heteroatoms. The van der Waals surface area contributed by atoms with E-state index in [-0.39, 0.29) is 102 Å². The molecule has 0 spiro atoms. The van der Waals surface area contributed by atoms with Gasteiger partial charge in [0.25, 0.3) is 17.1 Å². The van der Waals surface area contributed by atoms with Gasteiger partial charge in [0.15, 0.2) is 0 Å². The number of nitro benzene ring substituents is 3. The molecule has 0 aliphatic carbocycles. The second-order valence-electron chi connectivity index (χ2n) is 30.6. The number of nitrogens with zero attached hydrogens (tertiary/aromatic N) is 13. The molecule has 0 saturated carbocycles. The number of nitrogen functional groups attached to an aromatic ring is 2. The standard InChI is InChI=1S/C25H23N3O3.C22H19N3O4.C22H21N3O2.C12H10BrN3O2.C10H10O2.C7H8N2O2.C4H2BrClN2.C4H9O.K/c1-5-25(29)28-23-8-6-7-17(2)22(23)14-24-26-15-19(16-27-24)10-9-18-11-20(30-3)13-21(12-18)31-4;1-15-5-4-6-21(25(26)27)20(15)12-22-23-13-17(14-24-22)8-7-16-9-18(28-2)11-19(10-16)29-3;1-15-5-4-6-21(23)20(15)12-22-24-13-17(14-25-22)8-7-16-9-18(26-2)11-19(10-16)27-3;1-8-3-2-4-11(16(17)18)10(8)5-12-14-6-9(13)7-15-12;1-4-8-5-9(11-2)7-10(6-8)12-3;1-5-3-2-4-6(7(5)8)9(10)11;5-3-1-7-4(6)8-2-3;1-4(2,3)5;/h5-8,11-13,15-16H,1,14H2,2-4H3,(H,28,29);4-6,9-11,13-14H,12H2,1-3H3;4-6,9-11,13-14H,12,23H2,1-3H3;2-4,6-7H,5H2,1H3;1,5-7H,2-3H3;2-4H,8H2,1H3;1-2H;1-3H3;/q;;;;;;;-1;+1. The normalized spacial score (nSPS) is 9.85. The number of benzene rings is 9. The second-order valence-corrected chi connectivity index (χ2v) is 32.8. The fourth-order valence-electron chi connectivity index (χ4n) is 12.1. The van der Waals surface area contributed by atoms with Crippen LogP contribution in [0.3, 0.4) is 0 Å². The number of carbonyl (C=O) groups excluding carboxylic acids is 1. The summed E-state index contributed by atoms with van der Waals surface area (Å²) < 4.78 is 43.2. The number of nitrogens with one attached hydrogen (secondary N) is 1. The maximum Gasteiger partial charge on any atom is 1.00 e. The maximum atomic E-state index is 11.7. The van der Waals surface area contributed by atoms with Crippen molar-refractivity contribution in [3.8, 4) is 93.9 Å². The SMILES string of the molecule is C#Cc1cc(OC)cc(OC)c1.C=CC(=O)Nc1cccc(C)c1Cc1ncc(C#Cc2cc(OC)cc(OC)c2)cn1.CC(C)(C)[O-].COc1cc(C#Cc2cnc(Cc3c(C)cccc3N)nc2)cc(OC)c1.COc1cc(C#Cc2cnc(Cc3c(C)cccc3[N+](=O)[O-])nc2)cc(OC)c1.Cc1cccc([N+](=O)[O-])c1Cc1ncc(Br)cn1.Cc1cccc([N+](=O)[O-])c1N.Clc1ncc(Br)cn1.[K+]. The molecule has 724 valence electrons. The van der Waals surface area contributed by atoms with E-state index in [1.807, 2.05) is 113 Å². The fourth-order valence-corrected chi connectivity index (χ4v) is 12.6. The van der Waals surface area contributed by atoms with Crippen LogP contribution in [0.1, 0.15) is 133 Å². The molecule has 142 heavy (non-hydrogen) atoms. The Morgan fingerprint density at radius 3 is 0.944 bits per heavy atom. The Hall–Kier alpha value is -15.1. The van der Waals surface area contributed by atoms with Gasteiger partial charge in [-0.15, -0.1) is 12.0 Å². The smallest absolute Gasteiger partial charge is 0.850 e. The molecule has 0 aliphatic rings. The minimum Gasteiger partial charge on any atom is -0.850 e. The van der Waals surface area contributed by atoms with Crippen molar-refractivity contribution in [2.75, 3.05) is 73.7 Å². The van der Waals surface area contributed by atoms with E-state index >= 15 is 0 Å². The fraction of sp³-hybridized carbons (Fsp3) is 0.198. The summed E-state index contributed by atoms with van der Waals surface area (Å²) in [4.78, 5) is 85.0. The number of nitrogens with two attached hydrogens (primary N) is 2. The second kappa shape index (κ2) is 59.3.